The topological polar surface area (TPSA) is 74.0 Å². The minimum absolute atomic E-state index is 0.199. The van der Waals surface area contributed by atoms with E-state index in [2.05, 4.69) is 4.98 Å². The maximum Gasteiger partial charge on any atom is 0.328 e. The summed E-state index contributed by atoms with van der Waals surface area (Å²) in [6.45, 7) is 0. The van der Waals surface area contributed by atoms with Gasteiger partial charge in [-0.3, -0.25) is 0 Å². The molecule has 0 unspecified atom stereocenters. The van der Waals surface area contributed by atoms with E-state index in [1.54, 1.807) is 29.5 Å². The predicted molar refractivity (Wildman–Crippen MR) is 137 cm³/mol. The lowest BCUT2D eigenvalue weighted by Crippen LogP contribution is -2.16. The minimum Gasteiger partial charge on any atom is -0.478 e. The normalized spacial score (nSPS) is 14.5. The Bertz CT molecular complexity index is 1520. The molecule has 0 atom stereocenters. The van der Waals surface area contributed by atoms with Crippen LogP contribution in [-0.2, 0) is 4.79 Å². The molecule has 35 heavy (non-hydrogen) atoms. The van der Waals surface area contributed by atoms with Crippen LogP contribution in [0.1, 0.15) is 47.1 Å². The molecular formula is C29H21FN2O2S. The Morgan fingerprint density at radius 3 is 2.51 bits per heavy atom. The molecule has 0 bridgehead atoms. The smallest absolute Gasteiger partial charge is 0.328 e. The number of aromatic nitrogens is 1. The fourth-order valence-corrected chi connectivity index (χ4v) is 5.14. The van der Waals surface area contributed by atoms with E-state index in [1.807, 2.05) is 54.0 Å². The maximum atomic E-state index is 15.4. The number of carbonyl (C=O) groups is 1. The van der Waals surface area contributed by atoms with Crippen LogP contribution in [0.15, 0.2) is 72.3 Å². The molecular weight excluding hydrogens is 459 g/mol. The number of nitriles is 1. The number of hydrogen-bond donors (Lipinski definition) is 1. The number of hydrogen-bond acceptors (Lipinski definition) is 4. The van der Waals surface area contributed by atoms with E-state index < -0.39 is 11.8 Å². The number of carboxylic acid groups (broad SMARTS) is 1. The highest BCUT2D eigenvalue weighted by Gasteiger charge is 2.29. The molecule has 0 aliphatic heterocycles. The van der Waals surface area contributed by atoms with Gasteiger partial charge >= 0.3 is 5.97 Å². The lowest BCUT2D eigenvalue weighted by molar-refractivity contribution is -0.131. The fourth-order valence-electron chi connectivity index (χ4n) is 4.48. The van der Waals surface area contributed by atoms with E-state index in [0.29, 0.717) is 11.1 Å². The number of halogens is 1. The molecule has 0 radical (unpaired) electrons. The molecule has 0 amide bonds. The van der Waals surface area contributed by atoms with E-state index in [9.17, 15) is 10.1 Å². The van der Waals surface area contributed by atoms with E-state index in [4.69, 9.17) is 5.11 Å². The summed E-state index contributed by atoms with van der Waals surface area (Å²) >= 11 is 1.57. The molecule has 1 saturated carbocycles. The van der Waals surface area contributed by atoms with Crippen molar-refractivity contribution in [3.8, 4) is 6.07 Å². The van der Waals surface area contributed by atoms with Crippen LogP contribution in [-0.4, -0.2) is 16.1 Å². The quantitative estimate of drug-likeness (QED) is 0.235. The molecule has 3 aromatic carbocycles. The first-order valence-corrected chi connectivity index (χ1v) is 12.2. The fraction of sp³-hybridized carbons (Fsp3) is 0.138. The van der Waals surface area contributed by atoms with Gasteiger partial charge in [0.2, 0.25) is 0 Å². The van der Waals surface area contributed by atoms with Gasteiger partial charge in [-0.05, 0) is 76.9 Å². The molecule has 5 rings (SSSR count). The Hall–Kier alpha value is -4.08. The van der Waals surface area contributed by atoms with Crippen molar-refractivity contribution in [1.29, 1.82) is 5.26 Å². The number of benzene rings is 3. The third kappa shape index (κ3) is 4.64. The third-order valence-electron chi connectivity index (χ3n) is 6.41. The number of fused-ring (bicyclic) bond motifs is 1. The number of rotatable bonds is 6. The summed E-state index contributed by atoms with van der Waals surface area (Å²) in [4.78, 5) is 15.4. The van der Waals surface area contributed by atoms with Gasteiger partial charge in [0.1, 0.15) is 5.82 Å². The van der Waals surface area contributed by atoms with Crippen LogP contribution in [0.3, 0.4) is 0 Å². The zero-order valence-electron chi connectivity index (χ0n) is 18.7. The van der Waals surface area contributed by atoms with E-state index in [-0.39, 0.29) is 5.92 Å². The molecule has 1 aliphatic rings. The van der Waals surface area contributed by atoms with Gasteiger partial charge in [-0.1, -0.05) is 42.8 Å². The van der Waals surface area contributed by atoms with Gasteiger partial charge in [0, 0.05) is 11.6 Å². The first kappa shape index (κ1) is 22.7. The Balaban J connectivity index is 1.75. The highest BCUT2D eigenvalue weighted by atomic mass is 32.1. The lowest BCUT2D eigenvalue weighted by atomic mass is 9.73. The zero-order valence-corrected chi connectivity index (χ0v) is 19.6. The summed E-state index contributed by atoms with van der Waals surface area (Å²) in [6.07, 6.45) is 5.68. The van der Waals surface area contributed by atoms with Crippen LogP contribution in [0, 0.1) is 23.1 Å². The van der Waals surface area contributed by atoms with Gasteiger partial charge in [-0.2, -0.15) is 5.26 Å². The van der Waals surface area contributed by atoms with Crippen LogP contribution < -0.4 is 0 Å². The highest BCUT2D eigenvalue weighted by molar-refractivity contribution is 7.16. The number of allylic oxidation sites excluding steroid dienone is 1. The Kier molecular flexibility index (Phi) is 6.26. The number of thiazole rings is 1. The molecule has 6 heteroatoms. The third-order valence-corrected chi connectivity index (χ3v) is 7.22. The summed E-state index contributed by atoms with van der Waals surface area (Å²) in [5.41, 5.74) is 7.99. The van der Waals surface area contributed by atoms with Crippen molar-refractivity contribution in [2.24, 2.45) is 5.92 Å². The van der Waals surface area contributed by atoms with Gasteiger partial charge in [0.15, 0.2) is 0 Å². The Morgan fingerprint density at radius 2 is 1.86 bits per heavy atom. The first-order valence-electron chi connectivity index (χ1n) is 11.3. The van der Waals surface area contributed by atoms with Crippen molar-refractivity contribution in [2.75, 3.05) is 0 Å². The molecule has 4 nitrogen and oxygen atoms in total. The number of carboxylic acids is 1. The minimum atomic E-state index is -1.00. The van der Waals surface area contributed by atoms with E-state index >= 15 is 4.39 Å². The van der Waals surface area contributed by atoms with Crippen LogP contribution >= 0.6 is 11.3 Å². The van der Waals surface area contributed by atoms with Crippen molar-refractivity contribution in [3.63, 3.8) is 0 Å². The number of nitrogens with zero attached hydrogens (tertiary/aromatic N) is 2. The average Bonchev–Trinajstić information content (AvgIpc) is 3.30. The predicted octanol–water partition coefficient (Wildman–Crippen LogP) is 7.16. The largest absolute Gasteiger partial charge is 0.478 e. The second-order valence-corrected chi connectivity index (χ2v) is 9.44. The summed E-state index contributed by atoms with van der Waals surface area (Å²) in [7, 11) is 0. The van der Waals surface area contributed by atoms with E-state index in [0.717, 1.165) is 63.4 Å². The van der Waals surface area contributed by atoms with Gasteiger partial charge in [0.05, 0.1) is 27.4 Å². The first-order chi connectivity index (χ1) is 17.0. The summed E-state index contributed by atoms with van der Waals surface area (Å²) in [6, 6.07) is 20.5. The maximum absolute atomic E-state index is 15.4. The molecule has 1 N–H and O–H groups in total. The SMILES string of the molecule is N#Cc1ccc(/C(=C(\c2ccc(/C=C/C(=O)O)cc2)c2ccc3scnc3c2)C2CCC2)c(F)c1. The summed E-state index contributed by atoms with van der Waals surface area (Å²) in [5, 5.41) is 18.2. The van der Waals surface area contributed by atoms with Gasteiger partial charge in [-0.25, -0.2) is 14.2 Å². The summed E-state index contributed by atoms with van der Waals surface area (Å²) < 4.78 is 16.5. The monoisotopic (exact) mass is 480 g/mol. The molecule has 1 heterocycles. The van der Waals surface area contributed by atoms with Gasteiger partial charge < -0.3 is 5.11 Å². The molecule has 0 saturated heterocycles. The van der Waals surface area contributed by atoms with Crippen molar-refractivity contribution in [2.45, 2.75) is 19.3 Å². The molecule has 0 spiro atoms. The van der Waals surface area contributed by atoms with Gasteiger partial charge in [0.25, 0.3) is 0 Å². The Labute approximate surface area is 206 Å². The second-order valence-electron chi connectivity index (χ2n) is 8.55. The summed E-state index contributed by atoms with van der Waals surface area (Å²) in [5.74, 6) is -1.21. The zero-order chi connectivity index (χ0) is 24.4. The average molecular weight is 481 g/mol. The van der Waals surface area contributed by atoms with Crippen LogP contribution in [0.25, 0.3) is 27.4 Å². The molecule has 1 aromatic heterocycles. The molecule has 172 valence electrons. The van der Waals surface area contributed by atoms with Gasteiger partial charge in [-0.15, -0.1) is 11.3 Å². The van der Waals surface area contributed by atoms with Crippen molar-refractivity contribution in [3.05, 3.63) is 106 Å². The standard InChI is InChI=1S/C29H21FN2O2S/c30-24-14-19(16-31)6-11-23(24)29(20-2-1-3-20)28(22-10-12-26-25(15-22)32-17-35-26)21-8-4-18(5-9-21)7-13-27(33)34/h4-15,17,20H,1-3H2,(H,33,34)/b13-7+,29-28+. The van der Waals surface area contributed by atoms with Crippen molar-refractivity contribution >= 4 is 44.7 Å². The van der Waals surface area contributed by atoms with Crippen molar-refractivity contribution in [1.82, 2.24) is 4.98 Å². The van der Waals surface area contributed by atoms with Crippen LogP contribution in [0.5, 0.6) is 0 Å². The Morgan fingerprint density at radius 1 is 1.09 bits per heavy atom. The lowest BCUT2D eigenvalue weighted by Gasteiger charge is -2.32. The molecule has 4 aromatic rings. The highest BCUT2D eigenvalue weighted by Crippen LogP contribution is 2.46. The second kappa shape index (κ2) is 9.65. The number of aliphatic carboxylic acids is 1. The molecule has 1 aliphatic carbocycles. The molecule has 1 fully saturated rings. The van der Waals surface area contributed by atoms with Crippen LogP contribution in [0.2, 0.25) is 0 Å². The van der Waals surface area contributed by atoms with Crippen molar-refractivity contribution < 1.29 is 14.3 Å². The van der Waals surface area contributed by atoms with E-state index in [1.165, 1.54) is 6.07 Å². The van der Waals surface area contributed by atoms with Crippen LogP contribution in [0.4, 0.5) is 4.39 Å².